The van der Waals surface area contributed by atoms with Crippen LogP contribution < -0.4 is 19.6 Å². The Morgan fingerprint density at radius 1 is 0.283 bits per heavy atom. The minimum Gasteiger partial charge on any atom is -0.372 e. The fourth-order valence-corrected chi connectivity index (χ4v) is 6.62. The van der Waals surface area contributed by atoms with Gasteiger partial charge in [-0.3, -0.25) is 0 Å². The normalized spacial score (nSPS) is 10.9. The molecule has 4 aromatic rings. The summed E-state index contributed by atoms with van der Waals surface area (Å²) in [5, 5.41) is 0. The molecule has 0 N–H and O–H groups in total. The van der Waals surface area contributed by atoms with Gasteiger partial charge in [-0.15, -0.1) is 0 Å². The highest BCUT2D eigenvalue weighted by molar-refractivity contribution is 6.05. The first-order valence-electron chi connectivity index (χ1n) is 17.6. The molecule has 0 saturated heterocycles. The van der Waals surface area contributed by atoms with Crippen molar-refractivity contribution in [2.24, 2.45) is 0 Å². The van der Waals surface area contributed by atoms with Gasteiger partial charge in [0.15, 0.2) is 0 Å². The molecule has 0 radical (unpaired) electrons. The predicted octanol–water partition coefficient (Wildman–Crippen LogP) is 10.1. The summed E-state index contributed by atoms with van der Waals surface area (Å²) in [7, 11) is 0. The molecular formula is C42H56N4. The molecule has 0 amide bonds. The van der Waals surface area contributed by atoms with Gasteiger partial charge < -0.3 is 19.6 Å². The molecule has 0 unspecified atom stereocenters. The van der Waals surface area contributed by atoms with Gasteiger partial charge in [0.1, 0.15) is 0 Å². The molecule has 0 atom stereocenters. The summed E-state index contributed by atoms with van der Waals surface area (Å²) in [5.74, 6) is 0. The van der Waals surface area contributed by atoms with Gasteiger partial charge >= 0.3 is 0 Å². The zero-order chi connectivity index (χ0) is 33.1. The second-order valence-corrected chi connectivity index (χ2v) is 11.6. The van der Waals surface area contributed by atoms with Crippen LogP contribution in [0.1, 0.15) is 77.6 Å². The van der Waals surface area contributed by atoms with Crippen LogP contribution in [0.2, 0.25) is 0 Å². The molecule has 4 nitrogen and oxygen atoms in total. The van der Waals surface area contributed by atoms with Gasteiger partial charge in [-0.05, 0) is 137 Å². The lowest BCUT2D eigenvalue weighted by Crippen LogP contribution is -2.21. The first kappa shape index (κ1) is 34.7. The number of hydrogen-bond donors (Lipinski definition) is 0. The Morgan fingerprint density at radius 2 is 0.435 bits per heavy atom. The number of nitrogens with zero attached hydrogens (tertiary/aromatic N) is 4. The summed E-state index contributed by atoms with van der Waals surface area (Å²) in [6, 6.07) is 36.8. The molecule has 0 saturated carbocycles. The van der Waals surface area contributed by atoms with E-state index in [1.54, 1.807) is 0 Å². The number of anilines is 4. The molecule has 0 aromatic heterocycles. The van der Waals surface area contributed by atoms with Crippen molar-refractivity contribution in [3.8, 4) is 0 Å². The molecule has 4 aromatic carbocycles. The number of benzene rings is 4. The Labute approximate surface area is 280 Å². The first-order chi connectivity index (χ1) is 22.5. The standard InChI is InChI=1S/C42H56N4/c1-9-43(10-2)37-25-17-33(18-26-37)41(34-19-27-38(28-20-34)44(11-3)12-4)42(35-21-29-39(30-22-35)45(13-5)14-6)36-23-31-40(32-24-36)46(15-7)16-8/h17-32H,9-16H2,1-8H3. The topological polar surface area (TPSA) is 13.0 Å². The van der Waals surface area contributed by atoms with Crippen molar-refractivity contribution in [2.75, 3.05) is 72.0 Å². The van der Waals surface area contributed by atoms with Crippen molar-refractivity contribution in [1.29, 1.82) is 0 Å². The van der Waals surface area contributed by atoms with Gasteiger partial charge in [-0.2, -0.15) is 0 Å². The number of rotatable bonds is 16. The van der Waals surface area contributed by atoms with Crippen LogP contribution in [0, 0.1) is 0 Å². The monoisotopic (exact) mass is 616 g/mol. The lowest BCUT2D eigenvalue weighted by atomic mass is 9.85. The molecule has 0 heterocycles. The molecule has 46 heavy (non-hydrogen) atoms. The highest BCUT2D eigenvalue weighted by atomic mass is 15.1. The molecule has 0 aliphatic carbocycles. The zero-order valence-corrected chi connectivity index (χ0v) is 29.7. The Balaban J connectivity index is 2.00. The van der Waals surface area contributed by atoms with Crippen LogP contribution in [-0.2, 0) is 0 Å². The minimum atomic E-state index is 0.994. The van der Waals surface area contributed by atoms with Gasteiger partial charge in [-0.1, -0.05) is 48.5 Å². The van der Waals surface area contributed by atoms with E-state index >= 15 is 0 Å². The van der Waals surface area contributed by atoms with Crippen molar-refractivity contribution in [1.82, 2.24) is 0 Å². The van der Waals surface area contributed by atoms with Crippen molar-refractivity contribution in [3.63, 3.8) is 0 Å². The molecule has 0 fully saturated rings. The van der Waals surface area contributed by atoms with E-state index in [2.05, 4.69) is 172 Å². The van der Waals surface area contributed by atoms with E-state index in [-0.39, 0.29) is 0 Å². The van der Waals surface area contributed by atoms with Crippen LogP contribution in [0.3, 0.4) is 0 Å². The minimum absolute atomic E-state index is 0.994. The quantitative estimate of drug-likeness (QED) is 0.116. The summed E-state index contributed by atoms with van der Waals surface area (Å²) >= 11 is 0. The maximum Gasteiger partial charge on any atom is 0.0366 e. The second-order valence-electron chi connectivity index (χ2n) is 11.6. The fourth-order valence-electron chi connectivity index (χ4n) is 6.62. The maximum absolute atomic E-state index is 2.41. The van der Waals surface area contributed by atoms with Crippen molar-refractivity contribution >= 4 is 33.9 Å². The third kappa shape index (κ3) is 7.78. The largest absolute Gasteiger partial charge is 0.372 e. The van der Waals surface area contributed by atoms with Crippen LogP contribution in [0.25, 0.3) is 11.1 Å². The van der Waals surface area contributed by atoms with Crippen molar-refractivity contribution in [3.05, 3.63) is 119 Å². The van der Waals surface area contributed by atoms with Crippen LogP contribution in [0.4, 0.5) is 22.7 Å². The van der Waals surface area contributed by atoms with Crippen LogP contribution in [0.5, 0.6) is 0 Å². The van der Waals surface area contributed by atoms with Gasteiger partial charge in [0.25, 0.3) is 0 Å². The lowest BCUT2D eigenvalue weighted by molar-refractivity contribution is 0.866. The van der Waals surface area contributed by atoms with E-state index < -0.39 is 0 Å². The Bertz CT molecular complexity index is 1250. The Kier molecular flexibility index (Phi) is 12.8. The molecule has 4 heteroatoms. The molecular weight excluding hydrogens is 560 g/mol. The number of hydrogen-bond acceptors (Lipinski definition) is 4. The van der Waals surface area contributed by atoms with Crippen molar-refractivity contribution < 1.29 is 0 Å². The summed E-state index contributed by atoms with van der Waals surface area (Å²) in [4.78, 5) is 9.63. The van der Waals surface area contributed by atoms with Gasteiger partial charge in [0.05, 0.1) is 0 Å². The highest BCUT2D eigenvalue weighted by Crippen LogP contribution is 2.39. The van der Waals surface area contributed by atoms with Crippen LogP contribution >= 0.6 is 0 Å². The van der Waals surface area contributed by atoms with E-state index in [1.165, 1.54) is 56.1 Å². The zero-order valence-electron chi connectivity index (χ0n) is 29.7. The lowest BCUT2D eigenvalue weighted by Gasteiger charge is -2.25. The predicted molar refractivity (Wildman–Crippen MR) is 205 cm³/mol. The average Bonchev–Trinajstić information content (AvgIpc) is 3.11. The van der Waals surface area contributed by atoms with Gasteiger partial charge in [-0.25, -0.2) is 0 Å². The smallest absolute Gasteiger partial charge is 0.0366 e. The van der Waals surface area contributed by atoms with Gasteiger partial charge in [0, 0.05) is 75.1 Å². The average molecular weight is 617 g/mol. The second kappa shape index (κ2) is 16.9. The van der Waals surface area contributed by atoms with E-state index in [4.69, 9.17) is 0 Å². The van der Waals surface area contributed by atoms with Crippen LogP contribution in [0.15, 0.2) is 97.1 Å². The Hall–Kier alpha value is -4.18. The SMILES string of the molecule is CCN(CC)c1ccc(C(=C(c2ccc(N(CC)CC)cc2)c2ccc(N(CC)CC)cc2)c2ccc(N(CC)CC)cc2)cc1. The van der Waals surface area contributed by atoms with Gasteiger partial charge in [0.2, 0.25) is 0 Å². The highest BCUT2D eigenvalue weighted by Gasteiger charge is 2.18. The molecule has 244 valence electrons. The molecule has 0 aliphatic heterocycles. The van der Waals surface area contributed by atoms with Crippen LogP contribution in [-0.4, -0.2) is 52.4 Å². The summed E-state index contributed by atoms with van der Waals surface area (Å²) in [6.07, 6.45) is 0. The third-order valence-electron chi connectivity index (χ3n) is 9.39. The maximum atomic E-state index is 2.41. The molecule has 4 rings (SSSR count). The fraction of sp³-hybridized carbons (Fsp3) is 0.381. The molecule has 0 aliphatic rings. The summed E-state index contributed by atoms with van der Waals surface area (Å²) in [6.45, 7) is 25.7. The van der Waals surface area contributed by atoms with E-state index in [0.717, 1.165) is 52.4 Å². The van der Waals surface area contributed by atoms with Crippen molar-refractivity contribution in [2.45, 2.75) is 55.4 Å². The van der Waals surface area contributed by atoms with E-state index in [9.17, 15) is 0 Å². The van der Waals surface area contributed by atoms with E-state index in [0.29, 0.717) is 0 Å². The molecule has 0 spiro atoms. The van der Waals surface area contributed by atoms with E-state index in [1.807, 2.05) is 0 Å². The summed E-state index contributed by atoms with van der Waals surface area (Å²) < 4.78 is 0. The molecule has 0 bridgehead atoms. The Morgan fingerprint density at radius 3 is 0.565 bits per heavy atom. The third-order valence-corrected chi connectivity index (χ3v) is 9.39. The first-order valence-corrected chi connectivity index (χ1v) is 17.6. The summed E-state index contributed by atoms with van der Waals surface area (Å²) in [5.41, 5.74) is 12.5.